The molecule has 1 atom stereocenters. The lowest BCUT2D eigenvalue weighted by Gasteiger charge is -2.16. The number of nitrogens with zero attached hydrogens (tertiary/aromatic N) is 2. The Hall–Kier alpha value is -1.61. The van der Waals surface area contributed by atoms with E-state index in [2.05, 4.69) is 27.4 Å². The van der Waals surface area contributed by atoms with Crippen molar-refractivity contribution in [1.29, 1.82) is 0 Å². The second kappa shape index (κ2) is 6.36. The highest BCUT2D eigenvalue weighted by Gasteiger charge is 2.09. The van der Waals surface area contributed by atoms with Gasteiger partial charge in [-0.05, 0) is 25.0 Å². The van der Waals surface area contributed by atoms with Gasteiger partial charge in [-0.15, -0.1) is 11.6 Å². The van der Waals surface area contributed by atoms with Crippen molar-refractivity contribution in [1.82, 2.24) is 9.97 Å². The maximum absolute atomic E-state index is 6.00. The van der Waals surface area contributed by atoms with E-state index in [0.717, 1.165) is 18.1 Å². The summed E-state index contributed by atoms with van der Waals surface area (Å²) in [4.78, 5) is 8.39. The van der Waals surface area contributed by atoms with Crippen molar-refractivity contribution in [3.8, 4) is 0 Å². The molecule has 0 saturated carbocycles. The fraction of sp³-hybridized carbons (Fsp3) is 0.286. The third kappa shape index (κ3) is 3.70. The van der Waals surface area contributed by atoms with Crippen LogP contribution >= 0.6 is 11.6 Å². The summed E-state index contributed by atoms with van der Waals surface area (Å²) in [7, 11) is 0. The minimum atomic E-state index is 0.170. The van der Waals surface area contributed by atoms with Crippen LogP contribution in [0.2, 0.25) is 0 Å². The Labute approximate surface area is 112 Å². The average Bonchev–Trinajstić information content (AvgIpc) is 2.39. The van der Waals surface area contributed by atoms with Crippen LogP contribution in [0.5, 0.6) is 0 Å². The van der Waals surface area contributed by atoms with E-state index in [1.165, 1.54) is 5.56 Å². The number of halogens is 1. The molecule has 1 N–H and O–H groups in total. The summed E-state index contributed by atoms with van der Waals surface area (Å²) in [6, 6.07) is 12.3. The second-order valence-corrected chi connectivity index (χ2v) is 4.48. The van der Waals surface area contributed by atoms with Gasteiger partial charge in [0.15, 0.2) is 0 Å². The molecule has 0 spiro atoms. The summed E-state index contributed by atoms with van der Waals surface area (Å²) in [5.41, 5.74) is 1.27. The number of aromatic nitrogens is 2. The molecule has 18 heavy (non-hydrogen) atoms. The minimum absolute atomic E-state index is 0.170. The molecule has 3 nitrogen and oxygen atoms in total. The standard InChI is InChI=1S/C14H16ClN3/c1-11-16-8-7-14(17-11)18-13(10-15)9-12-5-3-2-4-6-12/h2-8,13H,9-10H2,1H3,(H,16,17,18). The van der Waals surface area contributed by atoms with Gasteiger partial charge in [0, 0.05) is 18.1 Å². The maximum atomic E-state index is 6.00. The molecule has 94 valence electrons. The molecular weight excluding hydrogens is 246 g/mol. The third-order valence-corrected chi connectivity index (χ3v) is 3.01. The largest absolute Gasteiger partial charge is 0.366 e. The lowest BCUT2D eigenvalue weighted by atomic mass is 10.1. The number of benzene rings is 1. The Kier molecular flexibility index (Phi) is 4.53. The Morgan fingerprint density at radius 3 is 2.67 bits per heavy atom. The normalized spacial score (nSPS) is 12.1. The van der Waals surface area contributed by atoms with Gasteiger partial charge in [0.25, 0.3) is 0 Å². The highest BCUT2D eigenvalue weighted by Crippen LogP contribution is 2.10. The van der Waals surface area contributed by atoms with Crippen molar-refractivity contribution in [3.05, 3.63) is 54.0 Å². The second-order valence-electron chi connectivity index (χ2n) is 4.17. The molecular formula is C14H16ClN3. The van der Waals surface area contributed by atoms with E-state index in [1.807, 2.05) is 31.2 Å². The molecule has 0 aliphatic heterocycles. The molecule has 1 aromatic carbocycles. The van der Waals surface area contributed by atoms with Gasteiger partial charge in [-0.25, -0.2) is 9.97 Å². The van der Waals surface area contributed by atoms with Crippen LogP contribution < -0.4 is 5.32 Å². The summed E-state index contributed by atoms with van der Waals surface area (Å²) in [6.07, 6.45) is 2.63. The fourth-order valence-corrected chi connectivity index (χ4v) is 1.97. The van der Waals surface area contributed by atoms with Gasteiger partial charge < -0.3 is 5.32 Å². The third-order valence-electron chi connectivity index (χ3n) is 2.64. The molecule has 0 amide bonds. The number of aryl methyl sites for hydroxylation is 1. The van der Waals surface area contributed by atoms with E-state index in [4.69, 9.17) is 11.6 Å². The van der Waals surface area contributed by atoms with Crippen LogP contribution in [0.15, 0.2) is 42.6 Å². The van der Waals surface area contributed by atoms with Crippen molar-refractivity contribution in [2.45, 2.75) is 19.4 Å². The smallest absolute Gasteiger partial charge is 0.129 e. The summed E-state index contributed by atoms with van der Waals surface area (Å²) in [5, 5.41) is 3.33. The summed E-state index contributed by atoms with van der Waals surface area (Å²) < 4.78 is 0. The Morgan fingerprint density at radius 1 is 1.22 bits per heavy atom. The number of anilines is 1. The SMILES string of the molecule is Cc1nccc(NC(CCl)Cc2ccccc2)n1. The van der Waals surface area contributed by atoms with Crippen LogP contribution in [-0.4, -0.2) is 21.9 Å². The molecule has 4 heteroatoms. The first-order chi connectivity index (χ1) is 8.78. The van der Waals surface area contributed by atoms with Crippen LogP contribution in [0.3, 0.4) is 0 Å². The lowest BCUT2D eigenvalue weighted by Crippen LogP contribution is -2.24. The van der Waals surface area contributed by atoms with Crippen molar-refractivity contribution < 1.29 is 0 Å². The van der Waals surface area contributed by atoms with Crippen molar-refractivity contribution in [3.63, 3.8) is 0 Å². The topological polar surface area (TPSA) is 37.8 Å². The minimum Gasteiger partial charge on any atom is -0.366 e. The van der Waals surface area contributed by atoms with E-state index >= 15 is 0 Å². The molecule has 1 heterocycles. The Morgan fingerprint density at radius 2 is 2.00 bits per heavy atom. The predicted octanol–water partition coefficient (Wildman–Crippen LogP) is 3.05. The fourth-order valence-electron chi connectivity index (χ4n) is 1.79. The molecule has 1 unspecified atom stereocenters. The van der Waals surface area contributed by atoms with Crippen molar-refractivity contribution >= 4 is 17.4 Å². The van der Waals surface area contributed by atoms with Crippen LogP contribution in [0.25, 0.3) is 0 Å². The average molecular weight is 262 g/mol. The van der Waals surface area contributed by atoms with Gasteiger partial charge in [-0.2, -0.15) is 0 Å². The Balaban J connectivity index is 2.01. The maximum Gasteiger partial charge on any atom is 0.129 e. The summed E-state index contributed by atoms with van der Waals surface area (Å²) in [5.74, 6) is 2.12. The van der Waals surface area contributed by atoms with E-state index in [9.17, 15) is 0 Å². The molecule has 0 aliphatic carbocycles. The van der Waals surface area contributed by atoms with Gasteiger partial charge >= 0.3 is 0 Å². The summed E-state index contributed by atoms with van der Waals surface area (Å²) in [6.45, 7) is 1.87. The first-order valence-electron chi connectivity index (χ1n) is 5.94. The van der Waals surface area contributed by atoms with Gasteiger partial charge in [0.05, 0.1) is 0 Å². The monoisotopic (exact) mass is 261 g/mol. The van der Waals surface area contributed by atoms with Crippen LogP contribution in [0.1, 0.15) is 11.4 Å². The Bertz CT molecular complexity index is 487. The predicted molar refractivity (Wildman–Crippen MR) is 75.0 cm³/mol. The van der Waals surface area contributed by atoms with E-state index in [0.29, 0.717) is 5.88 Å². The van der Waals surface area contributed by atoms with Crippen LogP contribution in [0, 0.1) is 6.92 Å². The first kappa shape index (κ1) is 12.8. The van der Waals surface area contributed by atoms with Gasteiger partial charge in [-0.1, -0.05) is 30.3 Å². The molecule has 0 radical (unpaired) electrons. The molecule has 0 saturated heterocycles. The van der Waals surface area contributed by atoms with E-state index in [-0.39, 0.29) is 6.04 Å². The molecule has 2 aromatic rings. The number of alkyl halides is 1. The van der Waals surface area contributed by atoms with Crippen molar-refractivity contribution in [2.24, 2.45) is 0 Å². The van der Waals surface area contributed by atoms with Gasteiger partial charge in [0.2, 0.25) is 0 Å². The molecule has 2 rings (SSSR count). The van der Waals surface area contributed by atoms with Gasteiger partial charge in [0.1, 0.15) is 11.6 Å². The van der Waals surface area contributed by atoms with Gasteiger partial charge in [-0.3, -0.25) is 0 Å². The number of rotatable bonds is 5. The molecule has 0 aliphatic rings. The van der Waals surface area contributed by atoms with E-state index in [1.54, 1.807) is 6.20 Å². The molecule has 1 aromatic heterocycles. The van der Waals surface area contributed by atoms with Crippen molar-refractivity contribution in [2.75, 3.05) is 11.2 Å². The number of nitrogens with one attached hydrogen (secondary N) is 1. The first-order valence-corrected chi connectivity index (χ1v) is 6.47. The highest BCUT2D eigenvalue weighted by atomic mass is 35.5. The summed E-state index contributed by atoms with van der Waals surface area (Å²) >= 11 is 6.00. The molecule has 0 bridgehead atoms. The highest BCUT2D eigenvalue weighted by molar-refractivity contribution is 6.18. The molecule has 0 fully saturated rings. The zero-order valence-electron chi connectivity index (χ0n) is 10.3. The number of hydrogen-bond acceptors (Lipinski definition) is 3. The lowest BCUT2D eigenvalue weighted by molar-refractivity contribution is 0.788. The zero-order chi connectivity index (χ0) is 12.8. The zero-order valence-corrected chi connectivity index (χ0v) is 11.1. The van der Waals surface area contributed by atoms with Crippen LogP contribution in [0.4, 0.5) is 5.82 Å². The van der Waals surface area contributed by atoms with E-state index < -0.39 is 0 Å². The van der Waals surface area contributed by atoms with Crippen LogP contribution in [-0.2, 0) is 6.42 Å². The quantitative estimate of drug-likeness (QED) is 0.841. The number of hydrogen-bond donors (Lipinski definition) is 1.